The molecule has 0 aromatic rings. The summed E-state index contributed by atoms with van der Waals surface area (Å²) in [5.74, 6) is 0. The van der Waals surface area contributed by atoms with E-state index in [2.05, 4.69) is 45.2 Å². The van der Waals surface area contributed by atoms with Crippen LogP contribution >= 0.6 is 0 Å². The molecule has 0 fully saturated rings. The lowest BCUT2D eigenvalue weighted by Gasteiger charge is -2.30. The molecule has 1 aliphatic rings. The molecule has 0 aliphatic carbocycles. The Kier molecular flexibility index (Phi) is 7.10. The van der Waals surface area contributed by atoms with Crippen molar-refractivity contribution in [2.24, 2.45) is 10.2 Å². The van der Waals surface area contributed by atoms with Gasteiger partial charge in [0.25, 0.3) is 0 Å². The first kappa shape index (κ1) is 16.7. The van der Waals surface area contributed by atoms with E-state index in [1.165, 1.54) is 64.2 Å². The van der Waals surface area contributed by atoms with Gasteiger partial charge in [-0.05, 0) is 6.92 Å². The Labute approximate surface area is 121 Å². The highest BCUT2D eigenvalue weighted by Crippen LogP contribution is 2.44. The highest BCUT2D eigenvalue weighted by molar-refractivity contribution is 6.45. The Morgan fingerprint density at radius 3 is 1.68 bits per heavy atom. The summed E-state index contributed by atoms with van der Waals surface area (Å²) in [6.45, 7) is 9.10. The lowest BCUT2D eigenvalue weighted by molar-refractivity contribution is 0.445. The number of hydrogen-bond acceptors (Lipinski definition) is 2. The average Bonchev–Trinajstić information content (AvgIpc) is 3.08. The quantitative estimate of drug-likeness (QED) is 0.307. The van der Waals surface area contributed by atoms with E-state index < -0.39 is 0 Å². The van der Waals surface area contributed by atoms with Crippen molar-refractivity contribution in [3.8, 4) is 0 Å². The fraction of sp³-hybridized carbons (Fsp3) is 1.00. The monoisotopic (exact) mass is 263 g/mol. The first-order chi connectivity index (χ1) is 9.04. The van der Waals surface area contributed by atoms with Crippen LogP contribution in [0.4, 0.5) is 0 Å². The topological polar surface area (TPSA) is 24.7 Å². The van der Waals surface area contributed by atoms with Crippen molar-refractivity contribution >= 4 is 7.28 Å². The van der Waals surface area contributed by atoms with Crippen molar-refractivity contribution in [1.29, 1.82) is 0 Å². The third-order valence-corrected chi connectivity index (χ3v) is 4.24. The largest absolute Gasteiger partial charge is 0.190 e. The number of nitrogens with zero attached hydrogens (tertiary/aromatic N) is 2. The van der Waals surface area contributed by atoms with Gasteiger partial charge in [0.2, 0.25) is 0 Å². The highest BCUT2D eigenvalue weighted by Gasteiger charge is 2.42. The zero-order valence-corrected chi connectivity index (χ0v) is 13.5. The molecule has 1 rings (SSSR count). The fourth-order valence-corrected chi connectivity index (χ4v) is 2.98. The summed E-state index contributed by atoms with van der Waals surface area (Å²) in [4.78, 5) is 0. The molecule has 0 saturated heterocycles. The molecular weight excluding hydrogens is 231 g/mol. The minimum absolute atomic E-state index is 0.149. The lowest BCUT2D eigenvalue weighted by atomic mass is 9.44. The third-order valence-electron chi connectivity index (χ3n) is 4.24. The van der Waals surface area contributed by atoms with Crippen LogP contribution in [0.5, 0.6) is 0 Å². The van der Waals surface area contributed by atoms with Gasteiger partial charge in [-0.15, -0.1) is 0 Å². The standard InChI is InChI=1S/C16H32BN2/c1-5-7-9-11-13-15(3,14-12-10-8-6-2)17-16(4)18-19-16/h5-14H2,1-4H3. The van der Waals surface area contributed by atoms with Crippen LogP contribution in [0.2, 0.25) is 5.31 Å². The Bertz CT molecular complexity index is 258. The number of hydrogen-bond donors (Lipinski definition) is 0. The van der Waals surface area contributed by atoms with E-state index in [9.17, 15) is 0 Å². The molecule has 19 heavy (non-hydrogen) atoms. The van der Waals surface area contributed by atoms with E-state index >= 15 is 0 Å². The first-order valence-electron chi connectivity index (χ1n) is 8.35. The Balaban J connectivity index is 2.32. The SMILES string of the molecule is CCCCCCC(C)([B]C1(C)N=N1)CCCCCC. The van der Waals surface area contributed by atoms with Crippen molar-refractivity contribution in [1.82, 2.24) is 0 Å². The van der Waals surface area contributed by atoms with Gasteiger partial charge in [0.15, 0.2) is 12.8 Å². The van der Waals surface area contributed by atoms with Crippen LogP contribution < -0.4 is 0 Å². The van der Waals surface area contributed by atoms with Crippen LogP contribution in [-0.2, 0) is 0 Å². The minimum Gasteiger partial charge on any atom is -0.170 e. The van der Waals surface area contributed by atoms with Gasteiger partial charge in [0, 0.05) is 0 Å². The van der Waals surface area contributed by atoms with Gasteiger partial charge >= 0.3 is 0 Å². The molecule has 0 spiro atoms. The van der Waals surface area contributed by atoms with Gasteiger partial charge in [-0.1, -0.05) is 90.3 Å². The fourth-order valence-electron chi connectivity index (χ4n) is 2.98. The molecule has 0 saturated carbocycles. The normalized spacial score (nSPS) is 16.6. The number of rotatable bonds is 12. The predicted molar refractivity (Wildman–Crippen MR) is 84.9 cm³/mol. The zero-order valence-electron chi connectivity index (χ0n) is 13.5. The molecule has 0 atom stereocenters. The van der Waals surface area contributed by atoms with Crippen LogP contribution in [0.1, 0.15) is 91.9 Å². The summed E-state index contributed by atoms with van der Waals surface area (Å²) in [6.07, 6.45) is 13.4. The average molecular weight is 263 g/mol. The van der Waals surface area contributed by atoms with Gasteiger partial charge in [-0.2, -0.15) is 10.2 Å². The Morgan fingerprint density at radius 1 is 0.842 bits per heavy atom. The second-order valence-electron chi connectivity index (χ2n) is 6.71. The van der Waals surface area contributed by atoms with Crippen LogP contribution in [0, 0.1) is 0 Å². The predicted octanol–water partition coefficient (Wildman–Crippen LogP) is 5.95. The van der Waals surface area contributed by atoms with E-state index in [0.29, 0.717) is 5.31 Å². The second kappa shape index (κ2) is 8.06. The van der Waals surface area contributed by atoms with E-state index in [1.807, 2.05) is 0 Å². The van der Waals surface area contributed by atoms with Crippen molar-refractivity contribution in [3.63, 3.8) is 0 Å². The lowest BCUT2D eigenvalue weighted by Crippen LogP contribution is -2.29. The highest BCUT2D eigenvalue weighted by atomic mass is 15.4. The minimum atomic E-state index is -0.149. The maximum Gasteiger partial charge on any atom is 0.190 e. The van der Waals surface area contributed by atoms with E-state index in [4.69, 9.17) is 0 Å². The molecule has 109 valence electrons. The molecular formula is C16H32BN2. The molecule has 0 aromatic carbocycles. The van der Waals surface area contributed by atoms with Crippen LogP contribution in [0.15, 0.2) is 10.2 Å². The molecule has 0 N–H and O–H groups in total. The van der Waals surface area contributed by atoms with Gasteiger partial charge < -0.3 is 0 Å². The first-order valence-corrected chi connectivity index (χ1v) is 8.35. The van der Waals surface area contributed by atoms with Crippen LogP contribution in [-0.4, -0.2) is 12.8 Å². The summed E-state index contributed by atoms with van der Waals surface area (Å²) >= 11 is 0. The van der Waals surface area contributed by atoms with Gasteiger partial charge in [-0.25, -0.2) is 0 Å². The van der Waals surface area contributed by atoms with Crippen LogP contribution in [0.3, 0.4) is 0 Å². The van der Waals surface area contributed by atoms with E-state index in [0.717, 1.165) is 0 Å². The molecule has 0 amide bonds. The van der Waals surface area contributed by atoms with Crippen molar-refractivity contribution < 1.29 is 0 Å². The molecule has 0 bridgehead atoms. The van der Waals surface area contributed by atoms with Gasteiger partial charge in [0.1, 0.15) is 0 Å². The van der Waals surface area contributed by atoms with Gasteiger partial charge in [0.05, 0.1) is 0 Å². The third kappa shape index (κ3) is 7.13. The summed E-state index contributed by atoms with van der Waals surface area (Å²) in [6, 6.07) is 0. The maximum atomic E-state index is 4.18. The van der Waals surface area contributed by atoms with E-state index in [-0.39, 0.29) is 5.56 Å². The molecule has 0 aromatic heterocycles. The summed E-state index contributed by atoms with van der Waals surface area (Å²) in [5, 5.41) is 8.69. The maximum absolute atomic E-state index is 4.18. The summed E-state index contributed by atoms with van der Waals surface area (Å²) < 4.78 is 0. The Hall–Kier alpha value is -0.335. The van der Waals surface area contributed by atoms with Crippen molar-refractivity contribution in [2.45, 2.75) is 103 Å². The molecule has 1 aliphatic heterocycles. The summed E-state index contributed by atoms with van der Waals surface area (Å²) in [7, 11) is 2.41. The molecule has 1 heterocycles. The zero-order chi connectivity index (χ0) is 14.2. The molecule has 3 heteroatoms. The van der Waals surface area contributed by atoms with Crippen LogP contribution in [0.25, 0.3) is 0 Å². The second-order valence-corrected chi connectivity index (χ2v) is 6.71. The van der Waals surface area contributed by atoms with Crippen molar-refractivity contribution in [2.75, 3.05) is 0 Å². The molecule has 0 unspecified atom stereocenters. The van der Waals surface area contributed by atoms with E-state index in [1.54, 1.807) is 0 Å². The smallest absolute Gasteiger partial charge is 0.170 e. The molecule has 1 radical (unpaired) electrons. The van der Waals surface area contributed by atoms with Crippen molar-refractivity contribution in [3.05, 3.63) is 0 Å². The number of unbranched alkanes of at least 4 members (excludes halogenated alkanes) is 6. The summed E-state index contributed by atoms with van der Waals surface area (Å²) in [5.41, 5.74) is -0.149. The Morgan fingerprint density at radius 2 is 1.32 bits per heavy atom. The molecule has 2 nitrogen and oxygen atoms in total. The van der Waals surface area contributed by atoms with Gasteiger partial charge in [-0.3, -0.25) is 0 Å².